The van der Waals surface area contributed by atoms with Crippen molar-refractivity contribution in [3.8, 4) is 0 Å². The highest BCUT2D eigenvalue weighted by molar-refractivity contribution is 6.09. The van der Waals surface area contributed by atoms with Gasteiger partial charge in [-0.3, -0.25) is 15.1 Å². The van der Waals surface area contributed by atoms with Crippen LogP contribution in [0.25, 0.3) is 0 Å². The molecule has 4 heteroatoms. The molecule has 0 bridgehead atoms. The van der Waals surface area contributed by atoms with Crippen molar-refractivity contribution in [2.75, 3.05) is 6.54 Å². The number of rotatable bonds is 2. The van der Waals surface area contributed by atoms with Crippen molar-refractivity contribution in [2.24, 2.45) is 4.99 Å². The molecule has 2 fully saturated rings. The number of aliphatic imine (C=N–C) groups is 1. The van der Waals surface area contributed by atoms with Crippen molar-refractivity contribution >= 4 is 11.9 Å². The molecule has 1 aliphatic heterocycles. The van der Waals surface area contributed by atoms with Gasteiger partial charge in [-0.05, 0) is 19.3 Å². The molecule has 0 aromatic carbocycles. The standard InChI is InChI=1S/C17H31N3O/c1-2-14-18-16-19-15(21)17(20-16)12-10-8-6-4-3-5-7-9-11-13-17/h2-14H2,1H3,(H2,18,19,20,21). The predicted octanol–water partition coefficient (Wildman–Crippen LogP) is 3.52. The van der Waals surface area contributed by atoms with Crippen molar-refractivity contribution in [1.29, 1.82) is 0 Å². The Kier molecular flexibility index (Phi) is 6.52. The second kappa shape index (κ2) is 8.40. The zero-order chi connectivity index (χ0) is 15.0. The summed E-state index contributed by atoms with van der Waals surface area (Å²) in [4.78, 5) is 16.9. The van der Waals surface area contributed by atoms with Crippen molar-refractivity contribution in [1.82, 2.24) is 10.6 Å². The number of carbonyl (C=O) groups is 1. The lowest BCUT2D eigenvalue weighted by Crippen LogP contribution is -2.47. The van der Waals surface area contributed by atoms with Gasteiger partial charge in [0.2, 0.25) is 0 Å². The van der Waals surface area contributed by atoms with Crippen LogP contribution < -0.4 is 10.6 Å². The lowest BCUT2D eigenvalue weighted by molar-refractivity contribution is -0.124. The molecule has 2 aliphatic rings. The first kappa shape index (κ1) is 16.3. The summed E-state index contributed by atoms with van der Waals surface area (Å²) in [6.07, 6.45) is 14.4. The van der Waals surface area contributed by atoms with Crippen LogP contribution in [0.3, 0.4) is 0 Å². The van der Waals surface area contributed by atoms with Crippen LogP contribution in [0.4, 0.5) is 0 Å². The van der Waals surface area contributed by atoms with Gasteiger partial charge in [-0.1, -0.05) is 64.7 Å². The molecule has 21 heavy (non-hydrogen) atoms. The molecule has 1 saturated heterocycles. The third-order valence-electron chi connectivity index (χ3n) is 4.72. The fraction of sp³-hybridized carbons (Fsp3) is 0.882. The first-order valence-corrected chi connectivity index (χ1v) is 8.91. The van der Waals surface area contributed by atoms with Gasteiger partial charge in [0.25, 0.3) is 5.91 Å². The maximum absolute atomic E-state index is 12.5. The van der Waals surface area contributed by atoms with E-state index in [1.807, 2.05) is 0 Å². The fourth-order valence-electron chi connectivity index (χ4n) is 3.41. The van der Waals surface area contributed by atoms with Crippen molar-refractivity contribution in [3.05, 3.63) is 0 Å². The smallest absolute Gasteiger partial charge is 0.252 e. The van der Waals surface area contributed by atoms with Crippen LogP contribution in [0.2, 0.25) is 0 Å². The average molecular weight is 293 g/mol. The lowest BCUT2D eigenvalue weighted by atomic mass is 9.86. The summed E-state index contributed by atoms with van der Waals surface area (Å²) in [5, 5.41) is 6.39. The minimum Gasteiger partial charge on any atom is -0.342 e. The largest absolute Gasteiger partial charge is 0.342 e. The molecule has 0 aromatic rings. The SMILES string of the molecule is CCCN=C1NC(=O)C2(CCCCCCCCCCC2)N1. The third-order valence-corrected chi connectivity index (χ3v) is 4.72. The first-order valence-electron chi connectivity index (χ1n) is 8.91. The number of carbonyl (C=O) groups excluding carboxylic acids is 1. The summed E-state index contributed by atoms with van der Waals surface area (Å²) >= 11 is 0. The summed E-state index contributed by atoms with van der Waals surface area (Å²) in [7, 11) is 0. The average Bonchev–Trinajstić information content (AvgIpc) is 2.77. The van der Waals surface area contributed by atoms with Gasteiger partial charge in [0, 0.05) is 6.54 Å². The first-order chi connectivity index (χ1) is 10.3. The summed E-state index contributed by atoms with van der Waals surface area (Å²) in [6.45, 7) is 2.88. The van der Waals surface area contributed by atoms with Crippen molar-refractivity contribution in [2.45, 2.75) is 89.5 Å². The topological polar surface area (TPSA) is 53.5 Å². The molecule has 0 radical (unpaired) electrons. The second-order valence-electron chi connectivity index (χ2n) is 6.57. The molecule has 1 heterocycles. The molecule has 0 aromatic heterocycles. The Morgan fingerprint density at radius 3 is 2.00 bits per heavy atom. The van der Waals surface area contributed by atoms with Gasteiger partial charge in [0.15, 0.2) is 5.96 Å². The van der Waals surface area contributed by atoms with Crippen LogP contribution >= 0.6 is 0 Å². The zero-order valence-corrected chi connectivity index (χ0v) is 13.5. The van der Waals surface area contributed by atoms with E-state index in [1.54, 1.807) is 0 Å². The fourth-order valence-corrected chi connectivity index (χ4v) is 3.41. The van der Waals surface area contributed by atoms with Crippen LogP contribution in [0, 0.1) is 0 Å². The highest BCUT2D eigenvalue weighted by atomic mass is 16.2. The number of guanidine groups is 1. The molecular formula is C17H31N3O. The maximum Gasteiger partial charge on any atom is 0.252 e. The van der Waals surface area contributed by atoms with E-state index in [9.17, 15) is 4.79 Å². The number of hydrogen-bond donors (Lipinski definition) is 2. The van der Waals surface area contributed by atoms with Gasteiger partial charge in [0.1, 0.15) is 5.54 Å². The molecule has 2 rings (SSSR count). The number of hydrogen-bond acceptors (Lipinski definition) is 2. The Labute approximate surface area is 129 Å². The van der Waals surface area contributed by atoms with Gasteiger partial charge < -0.3 is 5.32 Å². The third kappa shape index (κ3) is 4.72. The molecule has 120 valence electrons. The quantitative estimate of drug-likeness (QED) is 0.818. The maximum atomic E-state index is 12.5. The van der Waals surface area contributed by atoms with E-state index < -0.39 is 0 Å². The van der Waals surface area contributed by atoms with Gasteiger partial charge in [-0.25, -0.2) is 0 Å². The minimum atomic E-state index is -0.383. The second-order valence-corrected chi connectivity index (χ2v) is 6.57. The van der Waals surface area contributed by atoms with E-state index in [0.29, 0.717) is 5.96 Å². The molecule has 2 N–H and O–H groups in total. The molecule has 1 saturated carbocycles. The van der Waals surface area contributed by atoms with E-state index in [1.165, 1.54) is 44.9 Å². The molecular weight excluding hydrogens is 262 g/mol. The van der Waals surface area contributed by atoms with Gasteiger partial charge in [0.05, 0.1) is 0 Å². The molecule has 1 amide bonds. The molecule has 0 unspecified atom stereocenters. The number of nitrogens with zero attached hydrogens (tertiary/aromatic N) is 1. The summed E-state index contributed by atoms with van der Waals surface area (Å²) in [5.41, 5.74) is -0.383. The van der Waals surface area contributed by atoms with E-state index in [0.717, 1.165) is 38.6 Å². The molecule has 4 nitrogen and oxygen atoms in total. The molecule has 1 aliphatic carbocycles. The van der Waals surface area contributed by atoms with E-state index in [-0.39, 0.29) is 11.4 Å². The van der Waals surface area contributed by atoms with Crippen LogP contribution in [-0.2, 0) is 4.79 Å². The zero-order valence-electron chi connectivity index (χ0n) is 13.5. The van der Waals surface area contributed by atoms with Gasteiger partial charge in [-0.2, -0.15) is 0 Å². The van der Waals surface area contributed by atoms with Crippen LogP contribution in [0.1, 0.15) is 84.0 Å². The summed E-state index contributed by atoms with van der Waals surface area (Å²) in [5.74, 6) is 0.850. The van der Waals surface area contributed by atoms with Gasteiger partial charge >= 0.3 is 0 Å². The van der Waals surface area contributed by atoms with E-state index in [4.69, 9.17) is 0 Å². The normalized spacial score (nSPS) is 26.0. The van der Waals surface area contributed by atoms with Crippen molar-refractivity contribution in [3.63, 3.8) is 0 Å². The number of nitrogens with one attached hydrogen (secondary N) is 2. The van der Waals surface area contributed by atoms with Crippen molar-refractivity contribution < 1.29 is 4.79 Å². The lowest BCUT2D eigenvalue weighted by Gasteiger charge is -2.27. The Morgan fingerprint density at radius 1 is 0.952 bits per heavy atom. The predicted molar refractivity (Wildman–Crippen MR) is 87.4 cm³/mol. The Balaban J connectivity index is 1.99. The van der Waals surface area contributed by atoms with E-state index >= 15 is 0 Å². The van der Waals surface area contributed by atoms with E-state index in [2.05, 4.69) is 22.5 Å². The van der Waals surface area contributed by atoms with Crippen LogP contribution in [0.5, 0.6) is 0 Å². The molecule has 1 spiro atoms. The highest BCUT2D eigenvalue weighted by Crippen LogP contribution is 2.27. The summed E-state index contributed by atoms with van der Waals surface area (Å²) in [6, 6.07) is 0. The Hall–Kier alpha value is -1.06. The summed E-state index contributed by atoms with van der Waals surface area (Å²) < 4.78 is 0. The number of amides is 1. The highest BCUT2D eigenvalue weighted by Gasteiger charge is 2.43. The van der Waals surface area contributed by atoms with Crippen LogP contribution in [0.15, 0.2) is 4.99 Å². The Morgan fingerprint density at radius 2 is 1.48 bits per heavy atom. The molecule has 0 atom stereocenters. The Bertz CT molecular complexity index is 353. The van der Waals surface area contributed by atoms with Crippen LogP contribution in [-0.4, -0.2) is 24.0 Å². The monoisotopic (exact) mass is 293 g/mol. The van der Waals surface area contributed by atoms with Gasteiger partial charge in [-0.15, -0.1) is 0 Å². The minimum absolute atomic E-state index is 0.148.